The van der Waals surface area contributed by atoms with Crippen LogP contribution in [0.2, 0.25) is 0 Å². The third-order valence-electron chi connectivity index (χ3n) is 4.76. The van der Waals surface area contributed by atoms with Gasteiger partial charge in [-0.2, -0.15) is 0 Å². The summed E-state index contributed by atoms with van der Waals surface area (Å²) in [4.78, 5) is 14.9. The molecule has 1 fully saturated rings. The van der Waals surface area contributed by atoms with E-state index < -0.39 is 5.41 Å². The summed E-state index contributed by atoms with van der Waals surface area (Å²) in [6, 6.07) is 7.86. The predicted octanol–water partition coefficient (Wildman–Crippen LogP) is 3.23. The van der Waals surface area contributed by atoms with Crippen LogP contribution in [0.1, 0.15) is 46.1 Å². The number of nitrogens with zero attached hydrogens (tertiary/aromatic N) is 1. The zero-order valence-corrected chi connectivity index (χ0v) is 15.4. The van der Waals surface area contributed by atoms with Crippen LogP contribution in [0.15, 0.2) is 24.3 Å². The normalized spacial score (nSPS) is 18.8. The number of hydrogen-bond acceptors (Lipinski definition) is 3. The third kappa shape index (κ3) is 4.50. The Kier molecular flexibility index (Phi) is 6.27. The molecule has 1 saturated heterocycles. The van der Waals surface area contributed by atoms with Crippen molar-refractivity contribution in [2.24, 2.45) is 11.8 Å². The molecule has 1 aromatic carbocycles. The number of ether oxygens (including phenoxy) is 1. The minimum Gasteiger partial charge on any atom is -0.493 e. The Labute approximate surface area is 145 Å². The lowest BCUT2D eigenvalue weighted by Gasteiger charge is -2.37. The Morgan fingerprint density at radius 2 is 2.00 bits per heavy atom. The number of hydrogen-bond donors (Lipinski definition) is 1. The summed E-state index contributed by atoms with van der Waals surface area (Å²) in [6.45, 7) is 10.5. The van der Waals surface area contributed by atoms with Gasteiger partial charge in [0.05, 0.1) is 12.0 Å². The summed E-state index contributed by atoms with van der Waals surface area (Å²) in [5, 5.41) is 9.38. The van der Waals surface area contributed by atoms with Gasteiger partial charge in [-0.3, -0.25) is 4.79 Å². The lowest BCUT2D eigenvalue weighted by molar-refractivity contribution is -0.138. The highest BCUT2D eigenvalue weighted by molar-refractivity contribution is 5.87. The maximum Gasteiger partial charge on any atom is 0.232 e. The second-order valence-corrected chi connectivity index (χ2v) is 7.80. The molecule has 1 unspecified atom stereocenters. The van der Waals surface area contributed by atoms with Crippen LogP contribution in [0.3, 0.4) is 0 Å². The van der Waals surface area contributed by atoms with Crippen molar-refractivity contribution in [3.63, 3.8) is 0 Å². The number of aliphatic hydroxyl groups excluding tert-OH is 1. The molecule has 134 valence electrons. The molecule has 1 aromatic rings. The van der Waals surface area contributed by atoms with Crippen molar-refractivity contribution < 1.29 is 14.6 Å². The number of benzene rings is 1. The molecular formula is C20H31NO3. The van der Waals surface area contributed by atoms with E-state index in [1.807, 2.05) is 43.0 Å². The van der Waals surface area contributed by atoms with Crippen LogP contribution < -0.4 is 4.74 Å². The maximum atomic E-state index is 13.0. The van der Waals surface area contributed by atoms with Gasteiger partial charge >= 0.3 is 0 Å². The van der Waals surface area contributed by atoms with E-state index >= 15 is 0 Å². The van der Waals surface area contributed by atoms with E-state index in [-0.39, 0.29) is 18.4 Å². The lowest BCUT2D eigenvalue weighted by atomic mass is 9.82. The van der Waals surface area contributed by atoms with E-state index in [0.29, 0.717) is 19.1 Å². The van der Waals surface area contributed by atoms with E-state index in [0.717, 1.165) is 30.7 Å². The molecule has 2 rings (SSSR count). The summed E-state index contributed by atoms with van der Waals surface area (Å²) in [6.07, 6.45) is 1.97. The van der Waals surface area contributed by atoms with Gasteiger partial charge in [0.15, 0.2) is 0 Å². The molecule has 4 nitrogen and oxygen atoms in total. The van der Waals surface area contributed by atoms with Gasteiger partial charge in [0.2, 0.25) is 5.91 Å². The van der Waals surface area contributed by atoms with Gasteiger partial charge in [0.25, 0.3) is 0 Å². The first-order valence-corrected chi connectivity index (χ1v) is 8.98. The molecule has 0 spiro atoms. The van der Waals surface area contributed by atoms with Gasteiger partial charge in [-0.25, -0.2) is 0 Å². The molecule has 24 heavy (non-hydrogen) atoms. The summed E-state index contributed by atoms with van der Waals surface area (Å²) in [7, 11) is 0. The first kappa shape index (κ1) is 18.8. The van der Waals surface area contributed by atoms with Crippen molar-refractivity contribution in [1.82, 2.24) is 4.90 Å². The molecular weight excluding hydrogens is 302 g/mol. The van der Waals surface area contributed by atoms with Crippen LogP contribution in [-0.2, 0) is 10.2 Å². The van der Waals surface area contributed by atoms with Gasteiger partial charge in [-0.05, 0) is 56.2 Å². The van der Waals surface area contributed by atoms with E-state index in [2.05, 4.69) is 13.8 Å². The van der Waals surface area contributed by atoms with Crippen molar-refractivity contribution in [3.8, 4) is 5.75 Å². The first-order chi connectivity index (χ1) is 11.3. The molecule has 1 atom stereocenters. The molecule has 1 aliphatic rings. The van der Waals surface area contributed by atoms with E-state index in [4.69, 9.17) is 4.74 Å². The fourth-order valence-electron chi connectivity index (χ4n) is 3.15. The topological polar surface area (TPSA) is 49.8 Å². The Balaban J connectivity index is 2.06. The largest absolute Gasteiger partial charge is 0.493 e. The van der Waals surface area contributed by atoms with Gasteiger partial charge < -0.3 is 14.7 Å². The second-order valence-electron chi connectivity index (χ2n) is 7.80. The minimum atomic E-state index is -0.575. The first-order valence-electron chi connectivity index (χ1n) is 8.98. The van der Waals surface area contributed by atoms with Crippen molar-refractivity contribution in [2.45, 2.75) is 46.0 Å². The van der Waals surface area contributed by atoms with Gasteiger partial charge in [-0.15, -0.1) is 0 Å². The third-order valence-corrected chi connectivity index (χ3v) is 4.76. The Morgan fingerprint density at radius 3 is 2.58 bits per heavy atom. The number of carbonyl (C=O) groups excluding carboxylic acids is 1. The molecule has 1 aliphatic heterocycles. The SMILES string of the molecule is CC(C)COc1ccc(C(C)(C)C(=O)N2CCCC(CO)C2)cc1. The van der Waals surface area contributed by atoms with Crippen LogP contribution >= 0.6 is 0 Å². The van der Waals surface area contributed by atoms with E-state index in [1.54, 1.807) is 0 Å². The molecule has 1 heterocycles. The molecule has 0 aromatic heterocycles. The summed E-state index contributed by atoms with van der Waals surface area (Å²) in [5.74, 6) is 1.68. The maximum absolute atomic E-state index is 13.0. The standard InChI is InChI=1S/C20H31NO3/c1-15(2)14-24-18-9-7-17(8-10-18)20(3,4)19(23)21-11-5-6-16(12-21)13-22/h7-10,15-16,22H,5-6,11-14H2,1-4H3. The average molecular weight is 333 g/mol. The zero-order valence-electron chi connectivity index (χ0n) is 15.4. The van der Waals surface area contributed by atoms with Crippen molar-refractivity contribution in [3.05, 3.63) is 29.8 Å². The van der Waals surface area contributed by atoms with Crippen molar-refractivity contribution in [2.75, 3.05) is 26.3 Å². The number of rotatable bonds is 6. The highest BCUT2D eigenvalue weighted by Gasteiger charge is 2.35. The Bertz CT molecular complexity index is 536. The Morgan fingerprint density at radius 1 is 1.33 bits per heavy atom. The predicted molar refractivity (Wildman–Crippen MR) is 96.2 cm³/mol. The highest BCUT2D eigenvalue weighted by atomic mass is 16.5. The summed E-state index contributed by atoms with van der Waals surface area (Å²) < 4.78 is 5.72. The number of aliphatic hydroxyl groups is 1. The van der Waals surface area contributed by atoms with Gasteiger partial charge in [0.1, 0.15) is 5.75 Å². The van der Waals surface area contributed by atoms with Gasteiger partial charge in [-0.1, -0.05) is 26.0 Å². The quantitative estimate of drug-likeness (QED) is 0.869. The molecule has 1 amide bonds. The number of carbonyl (C=O) groups is 1. The van der Waals surface area contributed by atoms with Crippen LogP contribution in [0.4, 0.5) is 0 Å². The highest BCUT2D eigenvalue weighted by Crippen LogP contribution is 2.29. The molecule has 1 N–H and O–H groups in total. The Hall–Kier alpha value is -1.55. The van der Waals surface area contributed by atoms with Gasteiger partial charge in [0, 0.05) is 19.7 Å². The number of amides is 1. The fourth-order valence-corrected chi connectivity index (χ4v) is 3.15. The monoisotopic (exact) mass is 333 g/mol. The van der Waals surface area contributed by atoms with Crippen LogP contribution in [0, 0.1) is 11.8 Å². The van der Waals surface area contributed by atoms with Crippen LogP contribution in [-0.4, -0.2) is 42.2 Å². The molecule has 0 aliphatic carbocycles. The van der Waals surface area contributed by atoms with Crippen molar-refractivity contribution >= 4 is 5.91 Å². The summed E-state index contributed by atoms with van der Waals surface area (Å²) in [5.41, 5.74) is 0.420. The fraction of sp³-hybridized carbons (Fsp3) is 0.650. The molecule has 0 radical (unpaired) electrons. The summed E-state index contributed by atoms with van der Waals surface area (Å²) >= 11 is 0. The van der Waals surface area contributed by atoms with Crippen LogP contribution in [0.25, 0.3) is 0 Å². The molecule has 0 saturated carbocycles. The minimum absolute atomic E-state index is 0.136. The molecule has 4 heteroatoms. The van der Waals surface area contributed by atoms with E-state index in [1.165, 1.54) is 0 Å². The lowest BCUT2D eigenvalue weighted by Crippen LogP contribution is -2.48. The average Bonchev–Trinajstić information content (AvgIpc) is 2.59. The zero-order chi connectivity index (χ0) is 17.7. The molecule has 0 bridgehead atoms. The van der Waals surface area contributed by atoms with Crippen molar-refractivity contribution in [1.29, 1.82) is 0 Å². The van der Waals surface area contributed by atoms with Crippen LogP contribution in [0.5, 0.6) is 5.75 Å². The smallest absolute Gasteiger partial charge is 0.232 e. The number of likely N-dealkylation sites (tertiary alicyclic amines) is 1. The number of piperidine rings is 1. The van der Waals surface area contributed by atoms with E-state index in [9.17, 15) is 9.90 Å². The second kappa shape index (κ2) is 8.02.